The topological polar surface area (TPSA) is 164 Å². The summed E-state index contributed by atoms with van der Waals surface area (Å²) in [5.41, 5.74) is 17.3. The third-order valence-corrected chi connectivity index (χ3v) is 7.36. The fourth-order valence-corrected chi connectivity index (χ4v) is 5.64. The van der Waals surface area contributed by atoms with E-state index < -0.39 is 0 Å². The van der Waals surface area contributed by atoms with E-state index >= 15 is 0 Å². The lowest BCUT2D eigenvalue weighted by Crippen LogP contribution is -2.23. The number of pyridine rings is 2. The highest BCUT2D eigenvalue weighted by Crippen LogP contribution is 2.35. The largest absolute Gasteiger partial charge is 0.368 e. The molecule has 2 unspecified atom stereocenters. The SMILES string of the molecule is Cc1nc(N)nc2c1C(=O)CC(c1cccnc1)C2.Cc1nc(N)nc2c1C(=O)CC(c1cccnc1Cl)C2. The van der Waals surface area contributed by atoms with Gasteiger partial charge in [-0.25, -0.2) is 24.9 Å². The normalized spacial score (nSPS) is 18.0. The fourth-order valence-electron chi connectivity index (χ4n) is 5.37. The summed E-state index contributed by atoms with van der Waals surface area (Å²) in [5, 5.41) is 0.438. The molecule has 0 amide bonds. The number of carbonyl (C=O) groups is 2. The molecule has 0 saturated heterocycles. The Hall–Kier alpha value is -4.31. The van der Waals surface area contributed by atoms with E-state index in [9.17, 15) is 9.59 Å². The third kappa shape index (κ3) is 5.46. The van der Waals surface area contributed by atoms with Crippen molar-refractivity contribution in [1.29, 1.82) is 0 Å². The van der Waals surface area contributed by atoms with Crippen LogP contribution in [-0.4, -0.2) is 41.5 Å². The number of Topliss-reactive ketones (excluding diaryl/α,β-unsaturated/α-hetero) is 2. The van der Waals surface area contributed by atoms with E-state index in [1.54, 1.807) is 32.4 Å². The van der Waals surface area contributed by atoms with Gasteiger partial charge in [-0.3, -0.25) is 14.6 Å². The fraction of sp³-hybridized carbons (Fsp3) is 0.286. The van der Waals surface area contributed by atoms with E-state index in [4.69, 9.17) is 23.1 Å². The molecule has 2 aliphatic rings. The molecule has 4 N–H and O–H groups in total. The predicted octanol–water partition coefficient (Wildman–Crippen LogP) is 4.00. The first-order chi connectivity index (χ1) is 18.7. The monoisotopic (exact) mass is 542 g/mol. The number of aromatic nitrogens is 6. The van der Waals surface area contributed by atoms with Crippen molar-refractivity contribution < 1.29 is 9.59 Å². The van der Waals surface area contributed by atoms with Gasteiger partial charge in [0.15, 0.2) is 11.6 Å². The first kappa shape index (κ1) is 26.3. The van der Waals surface area contributed by atoms with Crippen molar-refractivity contribution in [2.45, 2.75) is 51.4 Å². The van der Waals surface area contributed by atoms with E-state index in [1.807, 2.05) is 24.3 Å². The lowest BCUT2D eigenvalue weighted by atomic mass is 9.82. The van der Waals surface area contributed by atoms with Gasteiger partial charge < -0.3 is 11.5 Å². The number of fused-ring (bicyclic) bond motifs is 2. The van der Waals surface area contributed by atoms with Crippen LogP contribution in [0.4, 0.5) is 11.9 Å². The minimum Gasteiger partial charge on any atom is -0.368 e. The molecule has 0 radical (unpaired) electrons. The number of ketones is 2. The number of nitrogens with zero attached hydrogens (tertiary/aromatic N) is 6. The van der Waals surface area contributed by atoms with Gasteiger partial charge in [0.1, 0.15) is 5.15 Å². The Balaban J connectivity index is 0.000000158. The van der Waals surface area contributed by atoms with Crippen LogP contribution in [-0.2, 0) is 12.8 Å². The molecular weight excluding hydrogens is 516 g/mol. The van der Waals surface area contributed by atoms with E-state index in [2.05, 4.69) is 29.9 Å². The molecule has 0 bridgehead atoms. The van der Waals surface area contributed by atoms with E-state index in [0.717, 1.165) is 16.8 Å². The molecule has 11 heteroatoms. The zero-order valence-corrected chi connectivity index (χ0v) is 22.3. The first-order valence-electron chi connectivity index (χ1n) is 12.5. The van der Waals surface area contributed by atoms with Gasteiger partial charge in [0.05, 0.1) is 33.9 Å². The van der Waals surface area contributed by atoms with Crippen molar-refractivity contribution in [1.82, 2.24) is 29.9 Å². The van der Waals surface area contributed by atoms with Crippen molar-refractivity contribution in [2.24, 2.45) is 0 Å². The van der Waals surface area contributed by atoms with Crippen molar-refractivity contribution in [3.8, 4) is 0 Å². The van der Waals surface area contributed by atoms with Crippen LogP contribution in [0, 0.1) is 13.8 Å². The third-order valence-electron chi connectivity index (χ3n) is 7.05. The van der Waals surface area contributed by atoms with Crippen LogP contribution in [0.25, 0.3) is 0 Å². The Morgan fingerprint density at radius 1 is 0.769 bits per heavy atom. The van der Waals surface area contributed by atoms with E-state index in [1.165, 1.54) is 0 Å². The Kier molecular flexibility index (Phi) is 7.30. The Morgan fingerprint density at radius 3 is 1.90 bits per heavy atom. The summed E-state index contributed by atoms with van der Waals surface area (Å²) in [4.78, 5) is 49.3. The number of hydrogen-bond acceptors (Lipinski definition) is 10. The smallest absolute Gasteiger partial charge is 0.220 e. The Morgan fingerprint density at radius 2 is 1.33 bits per heavy atom. The summed E-state index contributed by atoms with van der Waals surface area (Å²) in [5.74, 6) is 0.677. The van der Waals surface area contributed by atoms with Gasteiger partial charge in [-0.2, -0.15) is 0 Å². The average Bonchev–Trinajstić information content (AvgIpc) is 2.88. The van der Waals surface area contributed by atoms with Crippen molar-refractivity contribution >= 4 is 35.1 Å². The van der Waals surface area contributed by atoms with Crippen LogP contribution in [0.1, 0.15) is 79.3 Å². The molecule has 4 heterocycles. The minimum absolute atomic E-state index is 0.00935. The van der Waals surface area contributed by atoms with Crippen LogP contribution in [0.15, 0.2) is 42.9 Å². The van der Waals surface area contributed by atoms with Gasteiger partial charge in [-0.05, 0) is 61.8 Å². The molecule has 0 aliphatic heterocycles. The number of rotatable bonds is 2. The summed E-state index contributed by atoms with van der Waals surface area (Å²) < 4.78 is 0. The Bertz CT molecular complexity index is 1580. The number of nitrogen functional groups attached to an aromatic ring is 2. The molecule has 39 heavy (non-hydrogen) atoms. The molecule has 2 aliphatic carbocycles. The molecule has 6 rings (SSSR count). The summed E-state index contributed by atoms with van der Waals surface area (Å²) in [6.45, 7) is 3.59. The maximum Gasteiger partial charge on any atom is 0.220 e. The van der Waals surface area contributed by atoms with Crippen molar-refractivity contribution in [3.63, 3.8) is 0 Å². The molecule has 4 aromatic rings. The molecule has 2 atom stereocenters. The summed E-state index contributed by atoms with van der Waals surface area (Å²) in [6.07, 6.45) is 7.38. The molecular formula is C28H27ClN8O2. The molecule has 4 aromatic heterocycles. The molecule has 0 aromatic carbocycles. The van der Waals surface area contributed by atoms with Crippen LogP contribution < -0.4 is 11.5 Å². The van der Waals surface area contributed by atoms with Gasteiger partial charge in [0.2, 0.25) is 11.9 Å². The van der Waals surface area contributed by atoms with Crippen molar-refractivity contribution in [3.05, 3.63) is 93.0 Å². The standard InChI is InChI=1S/C14H13ClN4O.C14H14N4O/c1-7-12-10(19-14(16)18-7)5-8(6-11(12)20)9-3-2-4-17-13(9)15;1-8-13-11(18-14(15)17-8)5-10(6-12(13)19)9-3-2-4-16-7-9/h2-4,8H,5-6H2,1H3,(H2,16,18,19);2-4,7,10H,5-6H2,1H3,(H2,15,17,18). The Labute approximate surface area is 230 Å². The maximum absolute atomic E-state index is 12.3. The van der Waals surface area contributed by atoms with E-state index in [0.29, 0.717) is 59.0 Å². The lowest BCUT2D eigenvalue weighted by Gasteiger charge is -2.24. The van der Waals surface area contributed by atoms with Crippen LogP contribution >= 0.6 is 11.6 Å². The molecule has 0 fully saturated rings. The number of anilines is 2. The number of nitrogens with two attached hydrogens (primary N) is 2. The second-order valence-electron chi connectivity index (χ2n) is 9.70. The van der Waals surface area contributed by atoms with Gasteiger partial charge in [-0.15, -0.1) is 0 Å². The van der Waals surface area contributed by atoms with Crippen LogP contribution in [0.2, 0.25) is 5.15 Å². The van der Waals surface area contributed by atoms with Gasteiger partial charge >= 0.3 is 0 Å². The van der Waals surface area contributed by atoms with Crippen molar-refractivity contribution in [2.75, 3.05) is 11.5 Å². The average molecular weight is 543 g/mol. The lowest BCUT2D eigenvalue weighted by molar-refractivity contribution is 0.0953. The predicted molar refractivity (Wildman–Crippen MR) is 147 cm³/mol. The number of hydrogen-bond donors (Lipinski definition) is 2. The van der Waals surface area contributed by atoms with Crippen LogP contribution in [0.5, 0.6) is 0 Å². The first-order valence-corrected chi connectivity index (χ1v) is 12.9. The van der Waals surface area contributed by atoms with Crippen LogP contribution in [0.3, 0.4) is 0 Å². The molecule has 10 nitrogen and oxygen atoms in total. The number of carbonyl (C=O) groups excluding carboxylic acids is 2. The summed E-state index contributed by atoms with van der Waals surface area (Å²) in [6, 6.07) is 7.60. The second kappa shape index (κ2) is 10.8. The van der Waals surface area contributed by atoms with Gasteiger partial charge in [0, 0.05) is 31.4 Å². The highest BCUT2D eigenvalue weighted by Gasteiger charge is 2.31. The minimum atomic E-state index is -0.00935. The van der Waals surface area contributed by atoms with Gasteiger partial charge in [0.25, 0.3) is 0 Å². The molecule has 0 spiro atoms. The zero-order valence-electron chi connectivity index (χ0n) is 21.6. The van der Waals surface area contributed by atoms with E-state index in [-0.39, 0.29) is 35.3 Å². The highest BCUT2D eigenvalue weighted by molar-refractivity contribution is 6.30. The number of aryl methyl sites for hydroxylation is 2. The zero-order chi connectivity index (χ0) is 27.7. The maximum atomic E-state index is 12.3. The quantitative estimate of drug-likeness (QED) is 0.354. The summed E-state index contributed by atoms with van der Waals surface area (Å²) in [7, 11) is 0. The molecule has 0 saturated carbocycles. The highest BCUT2D eigenvalue weighted by atomic mass is 35.5. The van der Waals surface area contributed by atoms with Gasteiger partial charge in [-0.1, -0.05) is 23.7 Å². The summed E-state index contributed by atoms with van der Waals surface area (Å²) >= 11 is 6.12. The molecule has 198 valence electrons. The second-order valence-corrected chi connectivity index (χ2v) is 10.1. The number of halogens is 1.